The number of rotatable bonds is 3. The van der Waals surface area contributed by atoms with E-state index in [0.717, 1.165) is 16.8 Å². The molecule has 84 valence electrons. The summed E-state index contributed by atoms with van der Waals surface area (Å²) in [5, 5.41) is 2.80. The number of benzene rings is 1. The number of amides is 1. The Bertz CT molecular complexity index is 412. The summed E-state index contributed by atoms with van der Waals surface area (Å²) < 4.78 is 0. The lowest BCUT2D eigenvalue weighted by Gasteiger charge is -2.13. The zero-order valence-electron chi connectivity index (χ0n) is 9.58. The fourth-order valence-corrected chi connectivity index (χ4v) is 1.45. The number of hydrogen-bond donors (Lipinski definition) is 2. The number of hydrogen-bond acceptors (Lipinski definition) is 2. The van der Waals surface area contributed by atoms with Gasteiger partial charge in [-0.05, 0) is 25.0 Å². The Kier molecular flexibility index (Phi) is 4.10. The third-order valence-electron chi connectivity index (χ3n) is 2.40. The first-order valence-electron chi connectivity index (χ1n) is 5.12. The number of aryl methyl sites for hydroxylation is 2. The molecule has 0 saturated heterocycles. The second-order valence-corrected chi connectivity index (χ2v) is 3.77. The van der Waals surface area contributed by atoms with E-state index in [1.807, 2.05) is 32.0 Å². The number of para-hydroxylation sites is 1. The van der Waals surface area contributed by atoms with Crippen LogP contribution in [-0.4, -0.2) is 11.9 Å². The molecule has 0 fully saturated rings. The van der Waals surface area contributed by atoms with Crippen LogP contribution in [0.15, 0.2) is 18.2 Å². The van der Waals surface area contributed by atoms with Gasteiger partial charge in [0.25, 0.3) is 0 Å². The van der Waals surface area contributed by atoms with E-state index in [1.54, 1.807) is 0 Å². The highest BCUT2D eigenvalue weighted by atomic mass is 16.2. The van der Waals surface area contributed by atoms with Crippen molar-refractivity contribution in [1.82, 2.24) is 0 Å². The van der Waals surface area contributed by atoms with Crippen molar-refractivity contribution in [1.29, 1.82) is 0 Å². The van der Waals surface area contributed by atoms with E-state index in [0.29, 0.717) is 0 Å². The zero-order chi connectivity index (χ0) is 12.1. The summed E-state index contributed by atoms with van der Waals surface area (Å²) in [6.07, 6.45) is 5.36. The molecule has 1 unspecified atom stereocenters. The molecule has 16 heavy (non-hydrogen) atoms. The van der Waals surface area contributed by atoms with Gasteiger partial charge in [-0.3, -0.25) is 4.79 Å². The normalized spacial score (nSPS) is 11.6. The molecule has 1 rings (SSSR count). The van der Waals surface area contributed by atoms with Crippen molar-refractivity contribution in [3.8, 4) is 12.3 Å². The van der Waals surface area contributed by atoms with Crippen molar-refractivity contribution in [2.45, 2.75) is 26.3 Å². The SMILES string of the molecule is C#CCC(N)C(=O)Nc1c(C)cccc1C. The molecule has 3 nitrogen and oxygen atoms in total. The number of carbonyl (C=O) groups excluding carboxylic acids is 1. The molecule has 3 heteroatoms. The van der Waals surface area contributed by atoms with Gasteiger partial charge >= 0.3 is 0 Å². The van der Waals surface area contributed by atoms with E-state index in [2.05, 4.69) is 11.2 Å². The van der Waals surface area contributed by atoms with Crippen molar-refractivity contribution in [3.05, 3.63) is 29.3 Å². The van der Waals surface area contributed by atoms with Gasteiger partial charge in [-0.1, -0.05) is 18.2 Å². The summed E-state index contributed by atoms with van der Waals surface area (Å²) in [6.45, 7) is 3.88. The van der Waals surface area contributed by atoms with Gasteiger partial charge in [0.1, 0.15) is 0 Å². The number of nitrogens with two attached hydrogens (primary N) is 1. The first-order chi connectivity index (χ1) is 7.56. The summed E-state index contributed by atoms with van der Waals surface area (Å²) in [4.78, 5) is 11.7. The Morgan fingerprint density at radius 3 is 2.56 bits per heavy atom. The van der Waals surface area contributed by atoms with Gasteiger partial charge in [-0.15, -0.1) is 12.3 Å². The third kappa shape index (κ3) is 2.85. The standard InChI is InChI=1S/C13H16N2O/c1-4-6-11(14)13(16)15-12-9(2)7-5-8-10(12)3/h1,5,7-8,11H,6,14H2,2-3H3,(H,15,16). The number of nitrogens with one attached hydrogen (secondary N) is 1. The van der Waals surface area contributed by atoms with Gasteiger partial charge in [0.2, 0.25) is 5.91 Å². The maximum absolute atomic E-state index is 11.7. The molecule has 1 aromatic carbocycles. The average Bonchev–Trinajstić information content (AvgIpc) is 2.23. The van der Waals surface area contributed by atoms with Gasteiger partial charge in [0, 0.05) is 12.1 Å². The highest BCUT2D eigenvalue weighted by Crippen LogP contribution is 2.19. The highest BCUT2D eigenvalue weighted by Gasteiger charge is 2.13. The lowest BCUT2D eigenvalue weighted by molar-refractivity contribution is -0.117. The lowest BCUT2D eigenvalue weighted by Crippen LogP contribution is -2.35. The second kappa shape index (κ2) is 5.34. The lowest BCUT2D eigenvalue weighted by atomic mass is 10.1. The molecule has 1 amide bonds. The quantitative estimate of drug-likeness (QED) is 0.754. The Morgan fingerprint density at radius 1 is 1.50 bits per heavy atom. The molecule has 0 saturated carbocycles. The van der Waals surface area contributed by atoms with Gasteiger partial charge in [0.15, 0.2) is 0 Å². The van der Waals surface area contributed by atoms with E-state index in [1.165, 1.54) is 0 Å². The number of anilines is 1. The van der Waals surface area contributed by atoms with E-state index >= 15 is 0 Å². The molecular weight excluding hydrogens is 200 g/mol. The van der Waals surface area contributed by atoms with Crippen molar-refractivity contribution in [3.63, 3.8) is 0 Å². The summed E-state index contributed by atoms with van der Waals surface area (Å²) in [5.74, 6) is 2.14. The molecular formula is C13H16N2O. The smallest absolute Gasteiger partial charge is 0.242 e. The fraction of sp³-hybridized carbons (Fsp3) is 0.308. The Balaban J connectivity index is 2.82. The molecule has 0 aliphatic heterocycles. The molecule has 0 aliphatic rings. The minimum atomic E-state index is -0.649. The minimum absolute atomic E-state index is 0.240. The molecule has 0 spiro atoms. The van der Waals surface area contributed by atoms with E-state index in [-0.39, 0.29) is 12.3 Å². The summed E-state index contributed by atoms with van der Waals surface area (Å²) >= 11 is 0. The summed E-state index contributed by atoms with van der Waals surface area (Å²) in [7, 11) is 0. The van der Waals surface area contributed by atoms with Crippen LogP contribution < -0.4 is 11.1 Å². The van der Waals surface area contributed by atoms with Gasteiger partial charge in [-0.25, -0.2) is 0 Å². The molecule has 1 atom stereocenters. The molecule has 0 aliphatic carbocycles. The largest absolute Gasteiger partial charge is 0.324 e. The molecule has 0 radical (unpaired) electrons. The van der Waals surface area contributed by atoms with E-state index in [4.69, 9.17) is 12.2 Å². The van der Waals surface area contributed by atoms with Crippen LogP contribution in [0.5, 0.6) is 0 Å². The third-order valence-corrected chi connectivity index (χ3v) is 2.40. The second-order valence-electron chi connectivity index (χ2n) is 3.77. The molecule has 0 heterocycles. The Morgan fingerprint density at radius 2 is 2.06 bits per heavy atom. The maximum atomic E-state index is 11.7. The van der Waals surface area contributed by atoms with Crippen LogP contribution in [0, 0.1) is 26.2 Å². The monoisotopic (exact) mass is 216 g/mol. The summed E-state index contributed by atoms with van der Waals surface area (Å²) in [6, 6.07) is 5.18. The van der Waals surface area contributed by atoms with Crippen LogP contribution in [0.4, 0.5) is 5.69 Å². The number of terminal acetylenes is 1. The van der Waals surface area contributed by atoms with Crippen LogP contribution in [0.1, 0.15) is 17.5 Å². The predicted molar refractivity (Wildman–Crippen MR) is 66.0 cm³/mol. The van der Waals surface area contributed by atoms with Gasteiger partial charge < -0.3 is 11.1 Å². The van der Waals surface area contributed by atoms with Crippen molar-refractivity contribution in [2.24, 2.45) is 5.73 Å². The van der Waals surface area contributed by atoms with Gasteiger partial charge in [-0.2, -0.15) is 0 Å². The van der Waals surface area contributed by atoms with Gasteiger partial charge in [0.05, 0.1) is 6.04 Å². The van der Waals surface area contributed by atoms with Crippen molar-refractivity contribution in [2.75, 3.05) is 5.32 Å². The molecule has 0 aromatic heterocycles. The van der Waals surface area contributed by atoms with Crippen LogP contribution >= 0.6 is 0 Å². The maximum Gasteiger partial charge on any atom is 0.242 e. The molecule has 1 aromatic rings. The molecule has 3 N–H and O–H groups in total. The van der Waals surface area contributed by atoms with Crippen LogP contribution in [0.2, 0.25) is 0 Å². The van der Waals surface area contributed by atoms with Crippen molar-refractivity contribution >= 4 is 11.6 Å². The predicted octanol–water partition coefficient (Wildman–Crippen LogP) is 1.59. The first kappa shape index (κ1) is 12.3. The minimum Gasteiger partial charge on any atom is -0.324 e. The Labute approximate surface area is 96.0 Å². The highest BCUT2D eigenvalue weighted by molar-refractivity contribution is 5.96. The van der Waals surface area contributed by atoms with Crippen LogP contribution in [0.25, 0.3) is 0 Å². The fourth-order valence-electron chi connectivity index (χ4n) is 1.45. The van der Waals surface area contributed by atoms with Crippen LogP contribution in [-0.2, 0) is 4.79 Å². The average molecular weight is 216 g/mol. The van der Waals surface area contributed by atoms with E-state index < -0.39 is 6.04 Å². The van der Waals surface area contributed by atoms with Crippen LogP contribution in [0.3, 0.4) is 0 Å². The van der Waals surface area contributed by atoms with Crippen molar-refractivity contribution < 1.29 is 4.79 Å². The Hall–Kier alpha value is -1.79. The first-order valence-corrected chi connectivity index (χ1v) is 5.12. The summed E-state index contributed by atoms with van der Waals surface area (Å²) in [5.41, 5.74) is 8.47. The topological polar surface area (TPSA) is 55.1 Å². The zero-order valence-corrected chi connectivity index (χ0v) is 9.58. The molecule has 0 bridgehead atoms. The number of carbonyl (C=O) groups is 1. The van der Waals surface area contributed by atoms with E-state index in [9.17, 15) is 4.79 Å².